The molecule has 0 aliphatic heterocycles. The van der Waals surface area contributed by atoms with Crippen molar-refractivity contribution in [2.24, 2.45) is 11.0 Å². The Morgan fingerprint density at radius 2 is 1.90 bits per heavy atom. The topological polar surface area (TPSA) is 74.2 Å². The van der Waals surface area contributed by atoms with E-state index >= 15 is 0 Å². The van der Waals surface area contributed by atoms with Gasteiger partial charge in [0.25, 0.3) is 5.88 Å². The maximum Gasteiger partial charge on any atom is 0.252 e. The van der Waals surface area contributed by atoms with E-state index < -0.39 is 0 Å². The predicted octanol–water partition coefficient (Wildman–Crippen LogP) is 6.75. The zero-order valence-corrected chi connectivity index (χ0v) is 18.7. The number of nitrogens with zero attached hydrogens (tertiary/aromatic N) is 3. The van der Waals surface area contributed by atoms with Gasteiger partial charge in [-0.1, -0.05) is 71.2 Å². The quantitative estimate of drug-likeness (QED) is 0.407. The number of unbranched alkanes of at least 4 members (excludes halogenated alkanes) is 1. The fourth-order valence-electron chi connectivity index (χ4n) is 4.09. The average molecular weight is 407 g/mol. The van der Waals surface area contributed by atoms with Gasteiger partial charge in [-0.3, -0.25) is 0 Å². The Balaban J connectivity index is 1.60. The second-order valence-electron chi connectivity index (χ2n) is 9.44. The largest absolute Gasteiger partial charge is 0.422 e. The van der Waals surface area contributed by atoms with Crippen LogP contribution in [0, 0.1) is 17.2 Å². The van der Waals surface area contributed by atoms with Crippen molar-refractivity contribution in [3.05, 3.63) is 47.0 Å². The monoisotopic (exact) mass is 406 g/mol. The summed E-state index contributed by atoms with van der Waals surface area (Å²) in [6, 6.07) is 10.4. The van der Waals surface area contributed by atoms with E-state index in [1.807, 2.05) is 12.1 Å². The highest BCUT2D eigenvalue weighted by atomic mass is 16.4. The van der Waals surface area contributed by atoms with Gasteiger partial charge in [0, 0.05) is 5.92 Å². The van der Waals surface area contributed by atoms with Crippen molar-refractivity contribution in [1.29, 1.82) is 5.26 Å². The number of hydrogen-bond donors (Lipinski definition) is 1. The molecular formula is C25H34N4O. The number of hydrogen-bond acceptors (Lipinski definition) is 5. The Morgan fingerprint density at radius 1 is 1.20 bits per heavy atom. The maximum absolute atomic E-state index is 9.43. The van der Waals surface area contributed by atoms with Crippen LogP contribution in [-0.2, 0) is 5.41 Å². The lowest BCUT2D eigenvalue weighted by Crippen LogP contribution is -2.13. The Bertz CT molecular complexity index is 875. The first kappa shape index (κ1) is 22.1. The normalized spacial score (nSPS) is 19.7. The van der Waals surface area contributed by atoms with E-state index in [9.17, 15) is 5.26 Å². The lowest BCUT2D eigenvalue weighted by atomic mass is 9.80. The van der Waals surface area contributed by atoms with Crippen molar-refractivity contribution in [2.45, 2.75) is 84.0 Å². The summed E-state index contributed by atoms with van der Waals surface area (Å²) in [6.07, 6.45) is 10.3. The molecule has 1 fully saturated rings. The lowest BCUT2D eigenvalue weighted by molar-refractivity contribution is 0.278. The van der Waals surface area contributed by atoms with Gasteiger partial charge in [0.15, 0.2) is 0 Å². The van der Waals surface area contributed by atoms with Crippen LogP contribution >= 0.6 is 0 Å². The van der Waals surface area contributed by atoms with Gasteiger partial charge in [-0.05, 0) is 48.1 Å². The minimum Gasteiger partial charge on any atom is -0.422 e. The maximum atomic E-state index is 9.43. The van der Waals surface area contributed by atoms with Crippen LogP contribution in [0.1, 0.15) is 101 Å². The summed E-state index contributed by atoms with van der Waals surface area (Å²) in [5.41, 5.74) is 5.54. The van der Waals surface area contributed by atoms with Gasteiger partial charge < -0.3 is 4.42 Å². The van der Waals surface area contributed by atoms with E-state index in [2.05, 4.69) is 61.4 Å². The lowest BCUT2D eigenvalue weighted by Gasteiger charge is -2.26. The van der Waals surface area contributed by atoms with Crippen LogP contribution in [0.15, 0.2) is 33.8 Å². The number of aromatic nitrogens is 1. The molecule has 5 nitrogen and oxygen atoms in total. The van der Waals surface area contributed by atoms with E-state index in [0.717, 1.165) is 24.3 Å². The third-order valence-corrected chi connectivity index (χ3v) is 6.07. The van der Waals surface area contributed by atoms with Crippen molar-refractivity contribution < 1.29 is 4.42 Å². The Hall–Kier alpha value is -2.61. The number of oxazole rings is 1. The third-order valence-electron chi connectivity index (χ3n) is 6.07. The zero-order chi connectivity index (χ0) is 21.6. The number of nitrogens with one attached hydrogen (secondary N) is 1. The SMILES string of the molecule is CCCCC1CCC(c2nc(C#N)c(NN=Cc3ccc(C(C)(C)C)cc3)o2)CC1. The van der Waals surface area contributed by atoms with Gasteiger partial charge >= 0.3 is 0 Å². The third kappa shape index (κ3) is 5.72. The highest BCUT2D eigenvalue weighted by molar-refractivity contribution is 5.80. The summed E-state index contributed by atoms with van der Waals surface area (Å²) >= 11 is 0. The highest BCUT2D eigenvalue weighted by Crippen LogP contribution is 2.38. The molecule has 0 amide bonds. The van der Waals surface area contributed by atoms with E-state index in [1.165, 1.54) is 37.7 Å². The van der Waals surface area contributed by atoms with Gasteiger partial charge in [-0.15, -0.1) is 0 Å². The molecule has 0 atom stereocenters. The van der Waals surface area contributed by atoms with E-state index in [1.54, 1.807) is 6.21 Å². The predicted molar refractivity (Wildman–Crippen MR) is 122 cm³/mol. The molecule has 0 radical (unpaired) electrons. The van der Waals surface area contributed by atoms with Gasteiger partial charge in [0.2, 0.25) is 11.6 Å². The minimum absolute atomic E-state index is 0.126. The van der Waals surface area contributed by atoms with Crippen LogP contribution in [0.4, 0.5) is 5.88 Å². The first-order valence-electron chi connectivity index (χ1n) is 11.2. The molecule has 0 saturated heterocycles. The number of hydrazone groups is 1. The Morgan fingerprint density at radius 3 is 2.50 bits per heavy atom. The second-order valence-corrected chi connectivity index (χ2v) is 9.44. The molecule has 1 aliphatic rings. The van der Waals surface area contributed by atoms with Gasteiger partial charge in [-0.2, -0.15) is 10.4 Å². The van der Waals surface area contributed by atoms with Crippen molar-refractivity contribution in [3.63, 3.8) is 0 Å². The van der Waals surface area contributed by atoms with Crippen molar-refractivity contribution in [3.8, 4) is 6.07 Å². The zero-order valence-electron chi connectivity index (χ0n) is 18.7. The van der Waals surface area contributed by atoms with Crippen molar-refractivity contribution in [2.75, 3.05) is 5.43 Å². The molecule has 0 bridgehead atoms. The molecule has 0 unspecified atom stereocenters. The summed E-state index contributed by atoms with van der Waals surface area (Å²) in [5, 5.41) is 13.7. The molecule has 1 aromatic carbocycles. The number of benzene rings is 1. The molecule has 5 heteroatoms. The molecule has 1 aromatic heterocycles. The van der Waals surface area contributed by atoms with E-state index in [-0.39, 0.29) is 11.1 Å². The molecule has 30 heavy (non-hydrogen) atoms. The van der Waals surface area contributed by atoms with Crippen molar-refractivity contribution >= 4 is 12.1 Å². The fraction of sp³-hybridized carbons (Fsp3) is 0.560. The summed E-state index contributed by atoms with van der Waals surface area (Å²) in [4.78, 5) is 4.44. The van der Waals surface area contributed by atoms with Crippen LogP contribution in [0.3, 0.4) is 0 Å². The molecule has 1 saturated carbocycles. The van der Waals surface area contributed by atoms with Crippen molar-refractivity contribution in [1.82, 2.24) is 4.98 Å². The molecule has 0 spiro atoms. The van der Waals surface area contributed by atoms with Crippen LogP contribution in [0.5, 0.6) is 0 Å². The Labute approximate surface area is 180 Å². The molecule has 1 N–H and O–H groups in total. The standard InChI is InChI=1S/C25H34N4O/c1-5-6-7-18-8-12-20(13-9-18)23-28-22(16-26)24(30-23)29-27-17-19-10-14-21(15-11-19)25(2,3)4/h10-11,14-15,17-18,20,29H,5-9,12-13H2,1-4H3. The highest BCUT2D eigenvalue weighted by Gasteiger charge is 2.27. The van der Waals surface area contributed by atoms with Crippen LogP contribution in [0.2, 0.25) is 0 Å². The van der Waals surface area contributed by atoms with Gasteiger partial charge in [0.1, 0.15) is 6.07 Å². The number of anilines is 1. The molecule has 3 rings (SSSR count). The van der Waals surface area contributed by atoms with Crippen LogP contribution in [0.25, 0.3) is 0 Å². The molecule has 1 heterocycles. The second kappa shape index (κ2) is 9.93. The molecule has 2 aromatic rings. The summed E-state index contributed by atoms with van der Waals surface area (Å²) in [5.74, 6) is 2.15. The smallest absolute Gasteiger partial charge is 0.252 e. The fourth-order valence-corrected chi connectivity index (χ4v) is 4.09. The first-order chi connectivity index (χ1) is 14.4. The average Bonchev–Trinajstić information content (AvgIpc) is 3.15. The summed E-state index contributed by atoms with van der Waals surface area (Å²) < 4.78 is 5.90. The number of nitriles is 1. The van der Waals surface area contributed by atoms with E-state index in [4.69, 9.17) is 4.42 Å². The van der Waals surface area contributed by atoms with Crippen LogP contribution in [-0.4, -0.2) is 11.2 Å². The Kier molecular flexibility index (Phi) is 7.31. The van der Waals surface area contributed by atoms with E-state index in [0.29, 0.717) is 17.7 Å². The summed E-state index contributed by atoms with van der Waals surface area (Å²) in [7, 11) is 0. The minimum atomic E-state index is 0.126. The first-order valence-corrected chi connectivity index (χ1v) is 11.2. The van der Waals surface area contributed by atoms with Gasteiger partial charge in [0.05, 0.1) is 6.21 Å². The summed E-state index contributed by atoms with van der Waals surface area (Å²) in [6.45, 7) is 8.83. The molecule has 1 aliphatic carbocycles. The number of rotatable bonds is 7. The van der Waals surface area contributed by atoms with Gasteiger partial charge in [-0.25, -0.2) is 10.4 Å². The van der Waals surface area contributed by atoms with Crippen LogP contribution < -0.4 is 5.43 Å². The molecule has 160 valence electrons. The molecular weight excluding hydrogens is 372 g/mol.